The zero-order valence-corrected chi connectivity index (χ0v) is 12.6. The fourth-order valence-electron chi connectivity index (χ4n) is 1.16. The van der Waals surface area contributed by atoms with Crippen LogP contribution >= 0.6 is 0 Å². The number of hydrogen-bond acceptors (Lipinski definition) is 0. The predicted octanol–water partition coefficient (Wildman–Crippen LogP) is 5.40. The number of hydrogen-bond donors (Lipinski definition) is 0. The fraction of sp³-hybridized carbons (Fsp3) is 0.714. The van der Waals surface area contributed by atoms with Crippen LogP contribution in [0.2, 0.25) is 9.62 Å². The van der Waals surface area contributed by atoms with E-state index in [4.69, 9.17) is 0 Å². The average Bonchev–Trinajstić information content (AvgIpc) is 2.18. The van der Waals surface area contributed by atoms with E-state index in [1.807, 2.05) is 0 Å². The van der Waals surface area contributed by atoms with Gasteiger partial charge in [-0.25, -0.2) is 0 Å². The van der Waals surface area contributed by atoms with E-state index in [1.54, 1.807) is 0 Å². The van der Waals surface area contributed by atoms with E-state index >= 15 is 0 Å². The van der Waals surface area contributed by atoms with Gasteiger partial charge in [0.05, 0.1) is 0 Å². The molecule has 0 bridgehead atoms. The molecule has 0 aromatic carbocycles. The molecule has 0 N–H and O–H groups in total. The molecule has 0 fully saturated rings. The molecule has 0 radical (unpaired) electrons. The molecule has 0 nitrogen and oxygen atoms in total. The van der Waals surface area contributed by atoms with E-state index < -0.39 is 0 Å². The van der Waals surface area contributed by atoms with Crippen molar-refractivity contribution < 1.29 is 18.6 Å². The van der Waals surface area contributed by atoms with E-state index in [2.05, 4.69) is 38.2 Å². The molecular formula is C14H26Pt. The Kier molecular flexibility index (Phi) is 14.3. The van der Waals surface area contributed by atoms with Crippen molar-refractivity contribution >= 4 is 0 Å². The Morgan fingerprint density at radius 3 is 1.33 bits per heavy atom. The van der Waals surface area contributed by atoms with Crippen molar-refractivity contribution in [1.82, 2.24) is 0 Å². The van der Waals surface area contributed by atoms with Gasteiger partial charge in [-0.05, 0) is 25.7 Å². The summed E-state index contributed by atoms with van der Waals surface area (Å²) >= 11 is 0.617. The van der Waals surface area contributed by atoms with Crippen molar-refractivity contribution in [3.05, 3.63) is 24.3 Å². The first kappa shape index (κ1) is 15.2. The van der Waals surface area contributed by atoms with Crippen LogP contribution in [0, 0.1) is 0 Å². The van der Waals surface area contributed by atoms with Crippen LogP contribution in [0.1, 0.15) is 52.4 Å². The zero-order valence-electron chi connectivity index (χ0n) is 10.3. The number of allylic oxidation sites excluding steroid dienone is 4. The van der Waals surface area contributed by atoms with Crippen LogP contribution in [0.25, 0.3) is 0 Å². The molecule has 0 aromatic heterocycles. The van der Waals surface area contributed by atoms with Gasteiger partial charge in [0, 0.05) is 0 Å². The van der Waals surface area contributed by atoms with Crippen molar-refractivity contribution in [2.75, 3.05) is 0 Å². The van der Waals surface area contributed by atoms with Crippen LogP contribution in [-0.4, -0.2) is 0 Å². The molecule has 0 amide bonds. The second kappa shape index (κ2) is 14.2. The third-order valence-corrected chi connectivity index (χ3v) is 5.75. The Morgan fingerprint density at radius 2 is 1.07 bits per heavy atom. The second-order valence-electron chi connectivity index (χ2n) is 3.57. The molecule has 92 valence electrons. The summed E-state index contributed by atoms with van der Waals surface area (Å²) in [4.78, 5) is 3.07. The van der Waals surface area contributed by atoms with Crippen LogP contribution in [-0.2, 0) is 18.6 Å². The van der Waals surface area contributed by atoms with Crippen molar-refractivity contribution in [2.45, 2.75) is 62.0 Å². The van der Waals surface area contributed by atoms with Gasteiger partial charge in [-0.3, -0.25) is 0 Å². The molecule has 0 saturated heterocycles. The molecule has 0 unspecified atom stereocenters. The monoisotopic (exact) mass is 389 g/mol. The molecule has 1 aliphatic rings. The average molecular weight is 389 g/mol. The van der Waals surface area contributed by atoms with Gasteiger partial charge < -0.3 is 0 Å². The fourth-order valence-corrected chi connectivity index (χ4v) is 3.33. The maximum atomic E-state index is 2.27. The van der Waals surface area contributed by atoms with Crippen LogP contribution in [0.5, 0.6) is 0 Å². The summed E-state index contributed by atoms with van der Waals surface area (Å²) in [5, 5.41) is 0. The van der Waals surface area contributed by atoms with Crippen molar-refractivity contribution in [2.24, 2.45) is 0 Å². The Balaban J connectivity index is 0.000000265. The molecule has 1 heteroatoms. The summed E-state index contributed by atoms with van der Waals surface area (Å²) in [6.45, 7) is 4.55. The molecule has 0 heterocycles. The maximum absolute atomic E-state index is 2.27. The first-order chi connectivity index (χ1) is 7.41. The van der Waals surface area contributed by atoms with E-state index in [-0.39, 0.29) is 0 Å². The van der Waals surface area contributed by atoms with Crippen molar-refractivity contribution in [3.63, 3.8) is 0 Å². The van der Waals surface area contributed by atoms with Crippen molar-refractivity contribution in [3.8, 4) is 0 Å². The molecule has 0 saturated carbocycles. The quantitative estimate of drug-likeness (QED) is 0.446. The molecule has 1 aliphatic carbocycles. The van der Waals surface area contributed by atoms with Gasteiger partial charge in [0.25, 0.3) is 0 Å². The predicted molar refractivity (Wildman–Crippen MR) is 66.9 cm³/mol. The van der Waals surface area contributed by atoms with Gasteiger partial charge in [0.2, 0.25) is 0 Å². The van der Waals surface area contributed by atoms with Gasteiger partial charge in [-0.2, -0.15) is 0 Å². The molecule has 0 spiro atoms. The third-order valence-electron chi connectivity index (χ3n) is 1.87. The Hall–Kier alpha value is 0.168. The Morgan fingerprint density at radius 1 is 0.733 bits per heavy atom. The van der Waals surface area contributed by atoms with Crippen LogP contribution in [0.3, 0.4) is 0 Å². The molecule has 0 atom stereocenters. The van der Waals surface area contributed by atoms with Gasteiger partial charge in [-0.15, -0.1) is 0 Å². The summed E-state index contributed by atoms with van der Waals surface area (Å²) in [5.74, 6) is 0. The molecule has 0 aromatic rings. The van der Waals surface area contributed by atoms with Crippen molar-refractivity contribution in [1.29, 1.82) is 0 Å². The van der Waals surface area contributed by atoms with Crippen LogP contribution in [0.15, 0.2) is 24.3 Å². The minimum atomic E-state index is 0.617. The van der Waals surface area contributed by atoms with Crippen LogP contribution in [0.4, 0.5) is 0 Å². The molecule has 15 heavy (non-hydrogen) atoms. The summed E-state index contributed by atoms with van der Waals surface area (Å²) in [5.41, 5.74) is 0. The molecule has 0 aliphatic heterocycles. The summed E-state index contributed by atoms with van der Waals surface area (Å²) in [7, 11) is 0. The minimum absolute atomic E-state index is 0.617. The number of rotatable bonds is 4. The first-order valence-electron chi connectivity index (χ1n) is 6.16. The van der Waals surface area contributed by atoms with Gasteiger partial charge >= 0.3 is 54.9 Å². The first-order valence-corrected chi connectivity index (χ1v) is 9.37. The zero-order chi connectivity index (χ0) is 11.2. The Labute approximate surface area is 105 Å². The summed E-state index contributed by atoms with van der Waals surface area (Å²) < 4.78 is 0. The molecular weight excluding hydrogens is 363 g/mol. The van der Waals surface area contributed by atoms with Gasteiger partial charge in [0.1, 0.15) is 0 Å². The SMILES string of the molecule is C1=CCCC=CCC1.CC[CH2][Pt][CH2]CC. The second-order valence-corrected chi connectivity index (χ2v) is 6.98. The van der Waals surface area contributed by atoms with E-state index in [0.717, 1.165) is 0 Å². The topological polar surface area (TPSA) is 0 Å². The summed E-state index contributed by atoms with van der Waals surface area (Å²) in [6.07, 6.45) is 16.8. The van der Waals surface area contributed by atoms with Gasteiger partial charge in [-0.1, -0.05) is 24.3 Å². The third kappa shape index (κ3) is 14.2. The normalized spacial score (nSPS) is 15.3. The van der Waals surface area contributed by atoms with E-state index in [9.17, 15) is 0 Å². The Bertz CT molecular complexity index is 129. The van der Waals surface area contributed by atoms with E-state index in [0.29, 0.717) is 18.6 Å². The van der Waals surface area contributed by atoms with Crippen LogP contribution < -0.4 is 0 Å². The van der Waals surface area contributed by atoms with Gasteiger partial charge in [0.15, 0.2) is 0 Å². The summed E-state index contributed by atoms with van der Waals surface area (Å²) in [6, 6.07) is 0. The standard InChI is InChI=1S/C8H12.2C3H7.Pt/c1-2-4-6-8-7-5-3-1;2*1-3-2;/h1-2,7-8H,3-6H2;2*1,3H2,2H3;. The van der Waals surface area contributed by atoms with E-state index in [1.165, 1.54) is 48.1 Å². The molecule has 1 rings (SSSR count).